The van der Waals surface area contributed by atoms with Gasteiger partial charge in [0.25, 0.3) is 0 Å². The second kappa shape index (κ2) is 4.84. The molecule has 1 aromatic rings. The van der Waals surface area contributed by atoms with Crippen LogP contribution in [0.3, 0.4) is 0 Å². The SMILES string of the molecule is CC1CC=C(C(=O)c2ccc(Cl)cc2)CC1. The van der Waals surface area contributed by atoms with Crippen molar-refractivity contribution in [2.24, 2.45) is 5.92 Å². The Kier molecular flexibility index (Phi) is 3.45. The molecule has 0 heterocycles. The Morgan fingerprint density at radius 3 is 2.56 bits per heavy atom. The zero-order valence-electron chi connectivity index (χ0n) is 9.37. The largest absolute Gasteiger partial charge is 0.289 e. The Morgan fingerprint density at radius 2 is 2.00 bits per heavy atom. The van der Waals surface area contributed by atoms with Gasteiger partial charge in [-0.25, -0.2) is 0 Å². The second-order valence-corrected chi connectivity index (χ2v) is 4.88. The molecule has 0 saturated heterocycles. The summed E-state index contributed by atoms with van der Waals surface area (Å²) >= 11 is 5.80. The van der Waals surface area contributed by atoms with Gasteiger partial charge in [-0.3, -0.25) is 4.79 Å². The number of carbonyl (C=O) groups is 1. The lowest BCUT2D eigenvalue weighted by atomic mass is 9.87. The van der Waals surface area contributed by atoms with Gasteiger partial charge in [-0.05, 0) is 55.0 Å². The van der Waals surface area contributed by atoms with Crippen molar-refractivity contribution in [3.8, 4) is 0 Å². The van der Waals surface area contributed by atoms with Crippen LogP contribution in [-0.4, -0.2) is 5.78 Å². The van der Waals surface area contributed by atoms with E-state index in [-0.39, 0.29) is 5.78 Å². The number of Topliss-reactive ketones (excluding diaryl/α,β-unsaturated/α-hetero) is 1. The molecule has 1 unspecified atom stereocenters. The van der Waals surface area contributed by atoms with E-state index in [0.29, 0.717) is 10.9 Å². The first-order chi connectivity index (χ1) is 7.66. The zero-order valence-corrected chi connectivity index (χ0v) is 10.1. The first-order valence-corrected chi connectivity index (χ1v) is 6.04. The number of rotatable bonds is 2. The number of hydrogen-bond donors (Lipinski definition) is 0. The Morgan fingerprint density at radius 1 is 1.31 bits per heavy atom. The average Bonchev–Trinajstić information content (AvgIpc) is 2.30. The van der Waals surface area contributed by atoms with Crippen molar-refractivity contribution in [2.45, 2.75) is 26.2 Å². The Hall–Kier alpha value is -1.08. The second-order valence-electron chi connectivity index (χ2n) is 4.44. The molecule has 0 aliphatic heterocycles. The summed E-state index contributed by atoms with van der Waals surface area (Å²) in [6.07, 6.45) is 5.13. The average molecular weight is 235 g/mol. The lowest BCUT2D eigenvalue weighted by Crippen LogP contribution is -2.09. The van der Waals surface area contributed by atoms with Crippen LogP contribution in [0.25, 0.3) is 0 Å². The van der Waals surface area contributed by atoms with E-state index in [0.717, 1.165) is 30.4 Å². The van der Waals surface area contributed by atoms with Crippen LogP contribution in [0, 0.1) is 5.92 Å². The third-order valence-corrected chi connectivity index (χ3v) is 3.32. The molecule has 1 atom stereocenters. The van der Waals surface area contributed by atoms with E-state index >= 15 is 0 Å². The molecule has 0 bridgehead atoms. The fourth-order valence-corrected chi connectivity index (χ4v) is 2.08. The molecule has 0 spiro atoms. The van der Waals surface area contributed by atoms with E-state index < -0.39 is 0 Å². The van der Waals surface area contributed by atoms with Gasteiger partial charge in [-0.2, -0.15) is 0 Å². The van der Waals surface area contributed by atoms with Crippen LogP contribution < -0.4 is 0 Å². The molecule has 1 aromatic carbocycles. The van der Waals surface area contributed by atoms with Gasteiger partial charge in [0.2, 0.25) is 0 Å². The van der Waals surface area contributed by atoms with E-state index in [4.69, 9.17) is 11.6 Å². The van der Waals surface area contributed by atoms with Crippen molar-refractivity contribution in [3.05, 3.63) is 46.5 Å². The zero-order chi connectivity index (χ0) is 11.5. The maximum Gasteiger partial charge on any atom is 0.188 e. The van der Waals surface area contributed by atoms with Crippen molar-refractivity contribution < 1.29 is 4.79 Å². The fraction of sp³-hybridized carbons (Fsp3) is 0.357. The summed E-state index contributed by atoms with van der Waals surface area (Å²) in [7, 11) is 0. The molecule has 0 N–H and O–H groups in total. The lowest BCUT2D eigenvalue weighted by Gasteiger charge is -2.17. The molecule has 0 aromatic heterocycles. The highest BCUT2D eigenvalue weighted by atomic mass is 35.5. The van der Waals surface area contributed by atoms with Gasteiger partial charge in [-0.15, -0.1) is 0 Å². The smallest absolute Gasteiger partial charge is 0.188 e. The summed E-state index contributed by atoms with van der Waals surface area (Å²) in [5.41, 5.74) is 1.70. The van der Waals surface area contributed by atoms with E-state index in [9.17, 15) is 4.79 Å². The highest BCUT2D eigenvalue weighted by Gasteiger charge is 2.17. The van der Waals surface area contributed by atoms with E-state index in [1.165, 1.54) is 0 Å². The maximum atomic E-state index is 12.1. The molecule has 16 heavy (non-hydrogen) atoms. The van der Waals surface area contributed by atoms with Crippen molar-refractivity contribution >= 4 is 17.4 Å². The normalized spacial score (nSPS) is 20.4. The molecule has 0 fully saturated rings. The number of hydrogen-bond acceptors (Lipinski definition) is 1. The summed E-state index contributed by atoms with van der Waals surface area (Å²) in [5, 5.41) is 0.669. The molecular weight excluding hydrogens is 220 g/mol. The topological polar surface area (TPSA) is 17.1 Å². The predicted molar refractivity (Wildman–Crippen MR) is 66.9 cm³/mol. The molecule has 1 aliphatic rings. The van der Waals surface area contributed by atoms with Crippen molar-refractivity contribution in [2.75, 3.05) is 0 Å². The minimum Gasteiger partial charge on any atom is -0.289 e. The van der Waals surface area contributed by atoms with Crippen LogP contribution in [0.5, 0.6) is 0 Å². The van der Waals surface area contributed by atoms with Crippen molar-refractivity contribution in [1.29, 1.82) is 0 Å². The van der Waals surface area contributed by atoms with Crippen LogP contribution in [0.2, 0.25) is 5.02 Å². The van der Waals surface area contributed by atoms with Gasteiger partial charge in [0.05, 0.1) is 0 Å². The molecular formula is C14H15ClO. The van der Waals surface area contributed by atoms with Gasteiger partial charge in [0, 0.05) is 10.6 Å². The summed E-state index contributed by atoms with van der Waals surface area (Å²) < 4.78 is 0. The van der Waals surface area contributed by atoms with Gasteiger partial charge < -0.3 is 0 Å². The summed E-state index contributed by atoms with van der Waals surface area (Å²) in [6, 6.07) is 7.12. The third-order valence-electron chi connectivity index (χ3n) is 3.07. The predicted octanol–water partition coefficient (Wildman–Crippen LogP) is 4.27. The van der Waals surface area contributed by atoms with Gasteiger partial charge in [-0.1, -0.05) is 24.6 Å². The van der Waals surface area contributed by atoms with Crippen LogP contribution in [-0.2, 0) is 0 Å². The van der Waals surface area contributed by atoms with Gasteiger partial charge in [0.1, 0.15) is 0 Å². The first-order valence-electron chi connectivity index (χ1n) is 5.66. The summed E-state index contributed by atoms with van der Waals surface area (Å²) in [5.74, 6) is 0.866. The highest BCUT2D eigenvalue weighted by Crippen LogP contribution is 2.25. The Bertz CT molecular complexity index is 417. The standard InChI is InChI=1S/C14H15ClO/c1-10-2-4-11(5-3-10)14(16)12-6-8-13(15)9-7-12/h4,6-10H,2-3,5H2,1H3. The quantitative estimate of drug-likeness (QED) is 0.699. The minimum atomic E-state index is 0.156. The molecule has 0 saturated carbocycles. The van der Waals surface area contributed by atoms with Gasteiger partial charge in [0.15, 0.2) is 5.78 Å². The number of ketones is 1. The van der Waals surface area contributed by atoms with Crippen molar-refractivity contribution in [3.63, 3.8) is 0 Å². The fourth-order valence-electron chi connectivity index (χ4n) is 1.96. The lowest BCUT2D eigenvalue weighted by molar-refractivity contribution is 0.102. The minimum absolute atomic E-state index is 0.156. The number of allylic oxidation sites excluding steroid dienone is 2. The van der Waals surface area contributed by atoms with Gasteiger partial charge >= 0.3 is 0 Å². The maximum absolute atomic E-state index is 12.1. The Labute approximate surface area is 101 Å². The number of carbonyl (C=O) groups excluding carboxylic acids is 1. The van der Waals surface area contributed by atoms with Crippen LogP contribution in [0.4, 0.5) is 0 Å². The summed E-state index contributed by atoms with van der Waals surface area (Å²) in [4.78, 5) is 12.1. The molecule has 2 rings (SSSR count). The molecule has 1 nitrogen and oxygen atoms in total. The van der Waals surface area contributed by atoms with Crippen molar-refractivity contribution in [1.82, 2.24) is 0 Å². The molecule has 0 amide bonds. The van der Waals surface area contributed by atoms with Crippen LogP contribution in [0.1, 0.15) is 36.5 Å². The molecule has 1 aliphatic carbocycles. The Balaban J connectivity index is 2.16. The van der Waals surface area contributed by atoms with E-state index in [1.54, 1.807) is 24.3 Å². The first kappa shape index (κ1) is 11.4. The number of benzene rings is 1. The van der Waals surface area contributed by atoms with E-state index in [2.05, 4.69) is 13.0 Å². The molecule has 84 valence electrons. The van der Waals surface area contributed by atoms with E-state index in [1.807, 2.05) is 0 Å². The third kappa shape index (κ3) is 2.53. The molecule has 2 heteroatoms. The molecule has 0 radical (unpaired) electrons. The number of halogens is 1. The van der Waals surface area contributed by atoms with Crippen LogP contribution >= 0.6 is 11.6 Å². The van der Waals surface area contributed by atoms with Crippen LogP contribution in [0.15, 0.2) is 35.9 Å². The highest BCUT2D eigenvalue weighted by molar-refractivity contribution is 6.30. The monoisotopic (exact) mass is 234 g/mol. The summed E-state index contributed by atoms with van der Waals surface area (Å²) in [6.45, 7) is 2.22.